The van der Waals surface area contributed by atoms with Crippen molar-refractivity contribution in [2.45, 2.75) is 0 Å². The molecule has 48 heavy (non-hydrogen) atoms. The summed E-state index contributed by atoms with van der Waals surface area (Å²) in [7, 11) is 0. The van der Waals surface area contributed by atoms with E-state index in [2.05, 4.69) is 204 Å². The fourth-order valence-corrected chi connectivity index (χ4v) is 7.18. The summed E-state index contributed by atoms with van der Waals surface area (Å²) < 4.78 is 2.38. The van der Waals surface area contributed by atoms with Gasteiger partial charge in [-0.2, -0.15) is 0 Å². The van der Waals surface area contributed by atoms with Gasteiger partial charge in [-0.25, -0.2) is 0 Å². The van der Waals surface area contributed by atoms with Crippen LogP contribution in [0.25, 0.3) is 60.5 Å². The number of benzene rings is 8. The Hall–Kier alpha value is -6.38. The zero-order valence-corrected chi connectivity index (χ0v) is 26.4. The molecular weight excluding hydrogens is 581 g/mol. The van der Waals surface area contributed by atoms with E-state index < -0.39 is 0 Å². The second kappa shape index (κ2) is 11.8. The predicted molar refractivity (Wildman–Crippen MR) is 204 cm³/mol. The maximum absolute atomic E-state index is 2.42. The Morgan fingerprint density at radius 2 is 1.04 bits per heavy atom. The molecule has 0 aliphatic carbocycles. The molecule has 0 fully saturated rings. The monoisotopic (exact) mass is 612 g/mol. The molecule has 0 aliphatic heterocycles. The standard InChI is InChI=1S/C46H32N2/c1-4-16-34(17-5-1)42-32-39(29-30-40(42)36-28-27-33-15-10-11-18-35(33)31-36)47(37-19-6-2-7-20-37)44-25-14-26-45-46(44)41-23-12-13-24-43(41)48(45)38-21-8-3-9-22-38/h1-32H. The minimum absolute atomic E-state index is 1.11. The van der Waals surface area contributed by atoms with Crippen LogP contribution in [0.1, 0.15) is 0 Å². The van der Waals surface area contributed by atoms with Crippen molar-refractivity contribution < 1.29 is 0 Å². The largest absolute Gasteiger partial charge is 0.310 e. The van der Waals surface area contributed by atoms with Gasteiger partial charge in [-0.05, 0) is 93.7 Å². The molecule has 0 saturated heterocycles. The summed E-state index contributed by atoms with van der Waals surface area (Å²) in [6.07, 6.45) is 0. The summed E-state index contributed by atoms with van der Waals surface area (Å²) in [6, 6.07) is 69.9. The van der Waals surface area contributed by atoms with Gasteiger partial charge in [-0.1, -0.05) is 133 Å². The molecular formula is C46H32N2. The Morgan fingerprint density at radius 3 is 1.85 bits per heavy atom. The highest BCUT2D eigenvalue weighted by Gasteiger charge is 2.22. The van der Waals surface area contributed by atoms with Crippen molar-refractivity contribution in [2.24, 2.45) is 0 Å². The third-order valence-electron chi connectivity index (χ3n) is 9.35. The van der Waals surface area contributed by atoms with Crippen molar-refractivity contribution in [1.29, 1.82) is 0 Å². The van der Waals surface area contributed by atoms with Gasteiger partial charge in [0.1, 0.15) is 0 Å². The Morgan fingerprint density at radius 1 is 0.375 bits per heavy atom. The molecule has 0 atom stereocenters. The Labute approximate surface area is 280 Å². The Bertz CT molecular complexity index is 2550. The first-order valence-electron chi connectivity index (χ1n) is 16.4. The highest BCUT2D eigenvalue weighted by Crippen LogP contribution is 2.45. The average molecular weight is 613 g/mol. The number of hydrogen-bond acceptors (Lipinski definition) is 1. The van der Waals surface area contributed by atoms with Crippen LogP contribution in [0.5, 0.6) is 0 Å². The zero-order valence-electron chi connectivity index (χ0n) is 26.4. The van der Waals surface area contributed by atoms with Gasteiger partial charge in [-0.3, -0.25) is 0 Å². The topological polar surface area (TPSA) is 8.17 Å². The lowest BCUT2D eigenvalue weighted by Gasteiger charge is -2.27. The van der Waals surface area contributed by atoms with Crippen LogP contribution in [0.3, 0.4) is 0 Å². The molecule has 1 heterocycles. The number of fused-ring (bicyclic) bond motifs is 4. The van der Waals surface area contributed by atoms with E-state index in [1.165, 1.54) is 54.8 Å². The molecule has 0 amide bonds. The van der Waals surface area contributed by atoms with E-state index in [0.29, 0.717) is 0 Å². The van der Waals surface area contributed by atoms with Crippen molar-refractivity contribution in [2.75, 3.05) is 4.90 Å². The fraction of sp³-hybridized carbons (Fsp3) is 0. The first-order chi connectivity index (χ1) is 23.8. The molecule has 2 heteroatoms. The molecule has 0 radical (unpaired) electrons. The van der Waals surface area contributed by atoms with Crippen LogP contribution >= 0.6 is 0 Å². The van der Waals surface area contributed by atoms with Crippen molar-refractivity contribution >= 4 is 49.6 Å². The van der Waals surface area contributed by atoms with Gasteiger partial charge in [-0.15, -0.1) is 0 Å². The summed E-state index contributed by atoms with van der Waals surface area (Å²) in [5.74, 6) is 0. The lowest BCUT2D eigenvalue weighted by molar-refractivity contribution is 1.18. The molecule has 8 aromatic carbocycles. The van der Waals surface area contributed by atoms with E-state index in [4.69, 9.17) is 0 Å². The molecule has 0 N–H and O–H groups in total. The third-order valence-corrected chi connectivity index (χ3v) is 9.35. The number of para-hydroxylation sites is 3. The fourth-order valence-electron chi connectivity index (χ4n) is 7.18. The van der Waals surface area contributed by atoms with Gasteiger partial charge < -0.3 is 9.47 Å². The number of anilines is 3. The van der Waals surface area contributed by atoms with E-state index >= 15 is 0 Å². The summed E-state index contributed by atoms with van der Waals surface area (Å²) in [5.41, 5.74) is 11.7. The lowest BCUT2D eigenvalue weighted by Crippen LogP contribution is -2.10. The van der Waals surface area contributed by atoms with Gasteiger partial charge in [0, 0.05) is 27.8 Å². The molecule has 9 aromatic rings. The highest BCUT2D eigenvalue weighted by molar-refractivity contribution is 6.16. The van der Waals surface area contributed by atoms with E-state index in [-0.39, 0.29) is 0 Å². The molecule has 9 rings (SSSR count). The Balaban J connectivity index is 1.31. The smallest absolute Gasteiger partial charge is 0.0562 e. The van der Waals surface area contributed by atoms with Crippen LogP contribution in [0.15, 0.2) is 194 Å². The number of hydrogen-bond donors (Lipinski definition) is 0. The first-order valence-corrected chi connectivity index (χ1v) is 16.4. The van der Waals surface area contributed by atoms with Crippen LogP contribution in [0, 0.1) is 0 Å². The van der Waals surface area contributed by atoms with E-state index in [1.54, 1.807) is 0 Å². The Kier molecular flexibility index (Phi) is 6.84. The first kappa shape index (κ1) is 27.9. The normalized spacial score (nSPS) is 11.3. The summed E-state index contributed by atoms with van der Waals surface area (Å²) in [5, 5.41) is 4.94. The minimum atomic E-state index is 1.11. The molecule has 0 aliphatic rings. The summed E-state index contributed by atoms with van der Waals surface area (Å²) in [4.78, 5) is 2.42. The van der Waals surface area contributed by atoms with Crippen molar-refractivity contribution in [1.82, 2.24) is 4.57 Å². The third kappa shape index (κ3) is 4.74. The van der Waals surface area contributed by atoms with Gasteiger partial charge >= 0.3 is 0 Å². The van der Waals surface area contributed by atoms with Crippen LogP contribution in [0.2, 0.25) is 0 Å². The van der Waals surface area contributed by atoms with Crippen LogP contribution in [-0.4, -0.2) is 4.57 Å². The molecule has 0 bridgehead atoms. The average Bonchev–Trinajstić information content (AvgIpc) is 3.51. The van der Waals surface area contributed by atoms with Gasteiger partial charge in [0.2, 0.25) is 0 Å². The zero-order chi connectivity index (χ0) is 31.9. The number of nitrogens with zero attached hydrogens (tertiary/aromatic N) is 2. The van der Waals surface area contributed by atoms with Crippen LogP contribution in [0.4, 0.5) is 17.1 Å². The second-order valence-corrected chi connectivity index (χ2v) is 12.2. The minimum Gasteiger partial charge on any atom is -0.310 e. The van der Waals surface area contributed by atoms with E-state index in [1.807, 2.05) is 0 Å². The van der Waals surface area contributed by atoms with E-state index in [9.17, 15) is 0 Å². The maximum Gasteiger partial charge on any atom is 0.0562 e. The van der Waals surface area contributed by atoms with Crippen molar-refractivity contribution in [3.05, 3.63) is 194 Å². The molecule has 1 aromatic heterocycles. The molecule has 0 unspecified atom stereocenters. The maximum atomic E-state index is 2.42. The van der Waals surface area contributed by atoms with Crippen LogP contribution in [-0.2, 0) is 0 Å². The number of rotatable bonds is 6. The molecule has 0 spiro atoms. The highest BCUT2D eigenvalue weighted by atomic mass is 15.1. The lowest BCUT2D eigenvalue weighted by atomic mass is 9.92. The van der Waals surface area contributed by atoms with Crippen molar-refractivity contribution in [3.63, 3.8) is 0 Å². The van der Waals surface area contributed by atoms with Crippen molar-refractivity contribution in [3.8, 4) is 27.9 Å². The predicted octanol–water partition coefficient (Wildman–Crippen LogP) is 12.7. The van der Waals surface area contributed by atoms with Gasteiger partial charge in [0.25, 0.3) is 0 Å². The van der Waals surface area contributed by atoms with Gasteiger partial charge in [0.05, 0.1) is 16.7 Å². The molecule has 2 nitrogen and oxygen atoms in total. The second-order valence-electron chi connectivity index (χ2n) is 12.2. The SMILES string of the molecule is c1ccc(-c2cc(N(c3ccccc3)c3cccc4c3c3ccccc3n4-c3ccccc3)ccc2-c2ccc3ccccc3c2)cc1. The summed E-state index contributed by atoms with van der Waals surface area (Å²) in [6.45, 7) is 0. The van der Waals surface area contributed by atoms with Crippen LogP contribution < -0.4 is 4.90 Å². The quantitative estimate of drug-likeness (QED) is 0.181. The van der Waals surface area contributed by atoms with E-state index in [0.717, 1.165) is 22.7 Å². The number of aromatic nitrogens is 1. The molecule has 0 saturated carbocycles. The summed E-state index contributed by atoms with van der Waals surface area (Å²) >= 11 is 0. The molecule has 226 valence electrons. The van der Waals surface area contributed by atoms with Gasteiger partial charge in [0.15, 0.2) is 0 Å².